The summed E-state index contributed by atoms with van der Waals surface area (Å²) in [6, 6.07) is 4.93. The van der Waals surface area contributed by atoms with Crippen LogP contribution in [0.1, 0.15) is 0 Å². The third kappa shape index (κ3) is 3.89. The van der Waals surface area contributed by atoms with Crippen LogP contribution in [0, 0.1) is 0 Å². The molecule has 1 amide bonds. The van der Waals surface area contributed by atoms with Crippen molar-refractivity contribution in [3.8, 4) is 0 Å². The molecule has 0 saturated carbocycles. The number of rotatable bonds is 4. The van der Waals surface area contributed by atoms with Crippen LogP contribution < -0.4 is 5.32 Å². The molecule has 0 aliphatic carbocycles. The summed E-state index contributed by atoms with van der Waals surface area (Å²) in [6.07, 6.45) is -0.618. The van der Waals surface area contributed by atoms with Gasteiger partial charge in [0.1, 0.15) is 6.61 Å². The molecule has 0 heterocycles. The second kappa shape index (κ2) is 6.58. The van der Waals surface area contributed by atoms with Gasteiger partial charge in [0.2, 0.25) is 0 Å². The minimum atomic E-state index is -0.618. The lowest BCUT2D eigenvalue weighted by Crippen LogP contribution is -2.16. The lowest BCUT2D eigenvalue weighted by molar-refractivity contribution is 0.107. The summed E-state index contributed by atoms with van der Waals surface area (Å²) in [7, 11) is 1.52. The fourth-order valence-corrected chi connectivity index (χ4v) is 1.47. The van der Waals surface area contributed by atoms with Gasteiger partial charge in [-0.1, -0.05) is 29.3 Å². The van der Waals surface area contributed by atoms with E-state index in [4.69, 9.17) is 32.7 Å². The van der Waals surface area contributed by atoms with Crippen LogP contribution in [0.5, 0.6) is 0 Å². The van der Waals surface area contributed by atoms with E-state index in [2.05, 4.69) is 5.32 Å². The van der Waals surface area contributed by atoms with Crippen LogP contribution in [0.15, 0.2) is 18.2 Å². The quantitative estimate of drug-likeness (QED) is 0.849. The van der Waals surface area contributed by atoms with Crippen molar-refractivity contribution in [1.29, 1.82) is 0 Å². The van der Waals surface area contributed by atoms with Gasteiger partial charge in [0, 0.05) is 7.11 Å². The van der Waals surface area contributed by atoms with Gasteiger partial charge >= 0.3 is 6.09 Å². The maximum absolute atomic E-state index is 11.3. The molecule has 16 heavy (non-hydrogen) atoms. The lowest BCUT2D eigenvalue weighted by atomic mass is 10.3. The number of amides is 1. The minimum Gasteiger partial charge on any atom is -0.447 e. The van der Waals surface area contributed by atoms with Gasteiger partial charge in [-0.05, 0) is 12.1 Å². The van der Waals surface area contributed by atoms with E-state index in [-0.39, 0.29) is 6.61 Å². The zero-order valence-electron chi connectivity index (χ0n) is 8.63. The van der Waals surface area contributed by atoms with Crippen molar-refractivity contribution in [2.45, 2.75) is 0 Å². The molecule has 0 radical (unpaired) electrons. The average Bonchev–Trinajstić information content (AvgIpc) is 2.24. The molecule has 6 heteroatoms. The summed E-state index contributed by atoms with van der Waals surface area (Å²) in [6.45, 7) is 0.508. The summed E-state index contributed by atoms with van der Waals surface area (Å²) < 4.78 is 9.54. The maximum atomic E-state index is 11.3. The van der Waals surface area contributed by atoms with E-state index in [1.54, 1.807) is 18.2 Å². The van der Waals surface area contributed by atoms with Gasteiger partial charge in [0.05, 0.1) is 22.3 Å². The summed E-state index contributed by atoms with van der Waals surface area (Å²) in [5, 5.41) is 3.17. The fraction of sp³-hybridized carbons (Fsp3) is 0.300. The fourth-order valence-electron chi connectivity index (χ4n) is 0.973. The van der Waals surface area contributed by atoms with Crippen LogP contribution in [0.2, 0.25) is 10.0 Å². The van der Waals surface area contributed by atoms with Crippen molar-refractivity contribution < 1.29 is 14.3 Å². The predicted molar refractivity (Wildman–Crippen MR) is 63.3 cm³/mol. The van der Waals surface area contributed by atoms with Crippen LogP contribution in [0.25, 0.3) is 0 Å². The second-order valence-electron chi connectivity index (χ2n) is 2.85. The Hall–Kier alpha value is -0.970. The van der Waals surface area contributed by atoms with Gasteiger partial charge in [-0.15, -0.1) is 0 Å². The van der Waals surface area contributed by atoms with Gasteiger partial charge < -0.3 is 9.47 Å². The average molecular weight is 264 g/mol. The molecule has 0 aromatic heterocycles. The Morgan fingerprint density at radius 2 is 1.94 bits per heavy atom. The summed E-state index contributed by atoms with van der Waals surface area (Å²) in [5.41, 5.74) is 0.341. The number of ether oxygens (including phenoxy) is 2. The molecule has 0 spiro atoms. The van der Waals surface area contributed by atoms with E-state index in [0.717, 1.165) is 0 Å². The van der Waals surface area contributed by atoms with Gasteiger partial charge in [-0.3, -0.25) is 5.32 Å². The molecule has 4 nitrogen and oxygen atoms in total. The normalized spacial score (nSPS) is 9.94. The Bertz CT molecular complexity index is 351. The smallest absolute Gasteiger partial charge is 0.411 e. The van der Waals surface area contributed by atoms with Crippen molar-refractivity contribution in [2.75, 3.05) is 25.6 Å². The molecule has 0 unspecified atom stereocenters. The van der Waals surface area contributed by atoms with Crippen molar-refractivity contribution in [3.63, 3.8) is 0 Å². The standard InChI is InChI=1S/C10H11Cl2NO3/c1-15-5-6-16-10(14)13-9-7(11)3-2-4-8(9)12/h2-4H,5-6H2,1H3,(H,13,14). The van der Waals surface area contributed by atoms with Crippen LogP contribution in [-0.2, 0) is 9.47 Å². The summed E-state index contributed by atoms with van der Waals surface area (Å²) in [5.74, 6) is 0. The molecular formula is C10H11Cl2NO3. The Morgan fingerprint density at radius 1 is 1.31 bits per heavy atom. The van der Waals surface area contributed by atoms with E-state index in [1.807, 2.05) is 0 Å². The molecule has 0 bridgehead atoms. The number of benzene rings is 1. The first kappa shape index (κ1) is 13.1. The van der Waals surface area contributed by atoms with Gasteiger partial charge in [-0.2, -0.15) is 0 Å². The zero-order chi connectivity index (χ0) is 12.0. The topological polar surface area (TPSA) is 47.6 Å². The minimum absolute atomic E-state index is 0.171. The van der Waals surface area contributed by atoms with E-state index >= 15 is 0 Å². The number of nitrogens with one attached hydrogen (secondary N) is 1. The van der Waals surface area contributed by atoms with E-state index in [1.165, 1.54) is 7.11 Å². The van der Waals surface area contributed by atoms with E-state index in [9.17, 15) is 4.79 Å². The van der Waals surface area contributed by atoms with Crippen LogP contribution >= 0.6 is 23.2 Å². The molecule has 0 atom stereocenters. The number of carbonyl (C=O) groups excluding carboxylic acids is 1. The van der Waals surface area contributed by atoms with Gasteiger partial charge in [0.15, 0.2) is 0 Å². The number of para-hydroxylation sites is 1. The molecule has 88 valence electrons. The zero-order valence-corrected chi connectivity index (χ0v) is 10.1. The van der Waals surface area contributed by atoms with E-state index in [0.29, 0.717) is 22.3 Å². The van der Waals surface area contributed by atoms with Gasteiger partial charge in [0.25, 0.3) is 0 Å². The number of halogens is 2. The molecule has 1 aromatic rings. The number of hydrogen-bond acceptors (Lipinski definition) is 3. The second-order valence-corrected chi connectivity index (χ2v) is 3.66. The first-order valence-electron chi connectivity index (χ1n) is 4.52. The third-order valence-corrected chi connectivity index (χ3v) is 2.34. The Balaban J connectivity index is 2.56. The summed E-state index contributed by atoms with van der Waals surface area (Å²) >= 11 is 11.7. The number of hydrogen-bond donors (Lipinski definition) is 1. The van der Waals surface area contributed by atoms with Crippen molar-refractivity contribution in [3.05, 3.63) is 28.2 Å². The Labute approximate surface area is 103 Å². The lowest BCUT2D eigenvalue weighted by Gasteiger charge is -2.09. The molecule has 1 aromatic carbocycles. The molecule has 0 fully saturated rings. The first-order chi connectivity index (χ1) is 7.65. The molecule has 1 N–H and O–H groups in total. The highest BCUT2D eigenvalue weighted by Gasteiger charge is 2.09. The third-order valence-electron chi connectivity index (χ3n) is 1.71. The first-order valence-corrected chi connectivity index (χ1v) is 5.27. The largest absolute Gasteiger partial charge is 0.447 e. The molecule has 0 saturated heterocycles. The number of methoxy groups -OCH3 is 1. The monoisotopic (exact) mass is 263 g/mol. The highest BCUT2D eigenvalue weighted by molar-refractivity contribution is 6.39. The Morgan fingerprint density at radius 3 is 2.50 bits per heavy atom. The maximum Gasteiger partial charge on any atom is 0.411 e. The number of carbonyl (C=O) groups is 1. The SMILES string of the molecule is COCCOC(=O)Nc1c(Cl)cccc1Cl. The van der Waals surface area contributed by atoms with Crippen LogP contribution in [0.3, 0.4) is 0 Å². The van der Waals surface area contributed by atoms with Crippen molar-refractivity contribution in [1.82, 2.24) is 0 Å². The van der Waals surface area contributed by atoms with Crippen LogP contribution in [0.4, 0.5) is 10.5 Å². The van der Waals surface area contributed by atoms with Gasteiger partial charge in [-0.25, -0.2) is 4.79 Å². The van der Waals surface area contributed by atoms with Crippen molar-refractivity contribution >= 4 is 35.0 Å². The summed E-state index contributed by atoms with van der Waals surface area (Å²) in [4.78, 5) is 11.3. The molecule has 1 rings (SSSR count). The predicted octanol–water partition coefficient (Wildman–Crippen LogP) is 3.19. The van der Waals surface area contributed by atoms with Crippen LogP contribution in [-0.4, -0.2) is 26.4 Å². The number of anilines is 1. The molecule has 0 aliphatic heterocycles. The van der Waals surface area contributed by atoms with E-state index < -0.39 is 6.09 Å². The highest BCUT2D eigenvalue weighted by atomic mass is 35.5. The molecular weight excluding hydrogens is 253 g/mol. The Kier molecular flexibility index (Phi) is 5.38. The van der Waals surface area contributed by atoms with Crippen molar-refractivity contribution in [2.24, 2.45) is 0 Å². The molecule has 0 aliphatic rings. The highest BCUT2D eigenvalue weighted by Crippen LogP contribution is 2.29.